The zero-order valence-corrected chi connectivity index (χ0v) is 52.6. The van der Waals surface area contributed by atoms with Gasteiger partial charge in [0.2, 0.25) is 23.0 Å². The molecule has 5 N–H and O–H groups in total. The Balaban J connectivity index is 0.000000694. The number of benzene rings is 2. The van der Waals surface area contributed by atoms with Gasteiger partial charge in [-0.3, -0.25) is 9.59 Å². The van der Waals surface area contributed by atoms with Crippen molar-refractivity contribution in [3.05, 3.63) is 72.1 Å². The molecule has 0 saturated heterocycles. The molecule has 82 heavy (non-hydrogen) atoms. The Bertz CT molecular complexity index is 2590. The molecule has 23 nitrogen and oxygen atoms in total. The fraction of sp³-hybridized carbons (Fsp3) is 0.552. The molecule has 0 saturated carbocycles. The fourth-order valence-corrected chi connectivity index (χ4v) is 6.95. The van der Waals surface area contributed by atoms with Crippen LogP contribution >= 0.6 is 11.6 Å². The fourth-order valence-electron chi connectivity index (χ4n) is 6.95. The molecule has 0 aliphatic carbocycles. The summed E-state index contributed by atoms with van der Waals surface area (Å²) in [5, 5.41) is 8.68. The van der Waals surface area contributed by atoms with E-state index < -0.39 is 47.4 Å². The van der Waals surface area contributed by atoms with Crippen LogP contribution < -0.4 is 41.0 Å². The van der Waals surface area contributed by atoms with Gasteiger partial charge in [-0.1, -0.05) is 45.0 Å². The molecule has 4 rings (SSSR count). The molecule has 0 aliphatic rings. The predicted octanol–water partition coefficient (Wildman–Crippen LogP) is 9.16. The van der Waals surface area contributed by atoms with Crippen LogP contribution in [0.15, 0.2) is 60.9 Å². The topological polar surface area (TPSA) is 269 Å². The Morgan fingerprint density at radius 1 is 0.561 bits per heavy atom. The van der Waals surface area contributed by atoms with E-state index in [1.807, 2.05) is 58.3 Å². The summed E-state index contributed by atoms with van der Waals surface area (Å²) in [6.45, 7) is 34.5. The number of nitrogens with two attached hydrogens (primary N) is 1. The highest BCUT2D eigenvalue weighted by atomic mass is 35.5. The largest absolute Gasteiger partial charge is 0.458 e. The van der Waals surface area contributed by atoms with Gasteiger partial charge in [0.1, 0.15) is 40.5 Å². The lowest BCUT2D eigenvalue weighted by Gasteiger charge is -2.26. The normalized spacial score (nSPS) is 11.5. The van der Waals surface area contributed by atoms with Gasteiger partial charge in [0.25, 0.3) is 0 Å². The van der Waals surface area contributed by atoms with E-state index in [-0.39, 0.29) is 17.6 Å². The van der Waals surface area contributed by atoms with Gasteiger partial charge in [0, 0.05) is 81.1 Å². The molecule has 24 heteroatoms. The number of amides is 3. The van der Waals surface area contributed by atoms with Crippen molar-refractivity contribution >= 4 is 81.8 Å². The van der Waals surface area contributed by atoms with E-state index >= 15 is 0 Å². The number of esters is 2. The molecule has 0 bridgehead atoms. The second kappa shape index (κ2) is 36.0. The van der Waals surface area contributed by atoms with Crippen molar-refractivity contribution in [1.29, 1.82) is 0 Å². The number of nitrogen functional groups attached to an aromatic ring is 1. The first kappa shape index (κ1) is 72.5. The Kier molecular flexibility index (Phi) is 31.9. The Hall–Kier alpha value is -7.53. The monoisotopic (exact) mass is 1170 g/mol. The number of carbonyl (C=O) groups is 6. The summed E-state index contributed by atoms with van der Waals surface area (Å²) >= 11 is 4.64. The number of hydrogen-bond donors (Lipinski definition) is 4. The minimum atomic E-state index is -0.832. The third-order valence-corrected chi connectivity index (χ3v) is 11.2. The smallest absolute Gasteiger partial charge is 0.414 e. The van der Waals surface area contributed by atoms with Crippen molar-refractivity contribution in [3.63, 3.8) is 0 Å². The van der Waals surface area contributed by atoms with Crippen molar-refractivity contribution in [2.24, 2.45) is 0 Å². The lowest BCUT2D eigenvalue weighted by molar-refractivity contribution is -0.156. The summed E-state index contributed by atoms with van der Waals surface area (Å²) in [5.74, 6) is 1.26. The summed E-state index contributed by atoms with van der Waals surface area (Å²) in [6, 6.07) is 12.2. The van der Waals surface area contributed by atoms with E-state index in [1.165, 1.54) is 55.7 Å². The number of aromatic nitrogens is 4. The lowest BCUT2D eigenvalue weighted by atomic mass is 10.0. The summed E-state index contributed by atoms with van der Waals surface area (Å²) in [7, 11) is 6.42. The molecule has 0 fully saturated rings. The van der Waals surface area contributed by atoms with E-state index in [9.17, 15) is 28.8 Å². The van der Waals surface area contributed by atoms with Crippen molar-refractivity contribution in [2.75, 3.05) is 105 Å². The number of rotatable bonds is 22. The van der Waals surface area contributed by atoms with Crippen molar-refractivity contribution < 1.29 is 47.7 Å². The van der Waals surface area contributed by atoms with Crippen LogP contribution in [0.4, 0.5) is 44.5 Å². The van der Waals surface area contributed by atoms with Crippen LogP contribution in [0.5, 0.6) is 11.5 Å². The van der Waals surface area contributed by atoms with Gasteiger partial charge in [0.05, 0.1) is 18.1 Å². The maximum Gasteiger partial charge on any atom is 0.414 e. The van der Waals surface area contributed by atoms with Gasteiger partial charge < -0.3 is 65.1 Å². The Morgan fingerprint density at radius 2 is 0.902 bits per heavy atom. The average Bonchev–Trinajstić information content (AvgIpc) is 3.53. The number of halogens is 1. The van der Waals surface area contributed by atoms with Gasteiger partial charge in [-0.15, -0.1) is 0 Å². The number of anilines is 6. The molecule has 3 amide bonds. The molecular weight excluding hydrogens is 1070 g/mol. The SMILES string of the molecule is CC(=O)Cl.CCN(CC)CC.CCN(CC)c1ncc(N)c(N[C@@H](Cc2ccc(OC(=O)N(C)C)cc2)C(=O)OC(C)(C)C)n1.CCN(CC)c1ncc(NC(C)=O)c(N[C@@H](Cc2ccc(OC(=O)N(C)C)cc2)C(=O)OC(C)(C)C)n1. The second-order valence-corrected chi connectivity index (χ2v) is 21.2. The zero-order valence-electron chi connectivity index (χ0n) is 51.9. The van der Waals surface area contributed by atoms with Crippen LogP contribution in [0, 0.1) is 0 Å². The molecule has 0 spiro atoms. The van der Waals surface area contributed by atoms with Crippen molar-refractivity contribution in [2.45, 2.75) is 140 Å². The minimum absolute atomic E-state index is 0.251. The first-order valence-electron chi connectivity index (χ1n) is 27.4. The number of carbonyl (C=O) groups excluding carboxylic acids is 6. The highest BCUT2D eigenvalue weighted by Gasteiger charge is 2.29. The van der Waals surface area contributed by atoms with Crippen LogP contribution in [0.3, 0.4) is 0 Å². The summed E-state index contributed by atoms with van der Waals surface area (Å²) in [6.07, 6.45) is 2.65. The van der Waals surface area contributed by atoms with E-state index in [0.29, 0.717) is 65.9 Å². The van der Waals surface area contributed by atoms with Crippen LogP contribution in [-0.4, -0.2) is 167 Å². The first-order chi connectivity index (χ1) is 38.3. The van der Waals surface area contributed by atoms with Gasteiger partial charge in [-0.2, -0.15) is 9.97 Å². The predicted molar refractivity (Wildman–Crippen MR) is 326 cm³/mol. The first-order valence-corrected chi connectivity index (χ1v) is 27.8. The summed E-state index contributed by atoms with van der Waals surface area (Å²) < 4.78 is 21.8. The van der Waals surface area contributed by atoms with E-state index in [2.05, 4.69) is 73.2 Å². The maximum absolute atomic E-state index is 13.2. The zero-order chi connectivity index (χ0) is 62.5. The molecule has 456 valence electrons. The van der Waals surface area contributed by atoms with E-state index in [0.717, 1.165) is 24.2 Å². The van der Waals surface area contributed by atoms with Crippen molar-refractivity contribution in [3.8, 4) is 11.5 Å². The number of hydrogen-bond acceptors (Lipinski definition) is 20. The third kappa shape index (κ3) is 28.3. The van der Waals surface area contributed by atoms with Crippen molar-refractivity contribution in [1.82, 2.24) is 34.6 Å². The standard InChI is InChI=1S/C26H38N6O5.C24H36N6O4.C6H15N.C2H3ClO/c1-9-32(10-2)24-27-16-21(28-17(3)33)22(30-24)29-20(23(34)37-26(4,5)6)15-18-11-13-19(14-12-18)36-25(35)31(7)8;1-8-30(9-2)22-26-15-18(25)20(28-22)27-19(21(31)34-24(3,4)5)14-16-10-12-17(13-11-16)33-23(32)29(6)7;1-4-7(5-2)6-3;1-2(3)4/h11-14,16,20H,9-10,15H2,1-8H3,(H,28,33)(H,27,29,30);10-13,15,19H,8-9,14,25H2,1-7H3,(H,26,27,28);4-6H2,1-3H3;1H3/t20-;19-;;/m00../s1. The molecule has 0 aliphatic heterocycles. The second-order valence-electron chi connectivity index (χ2n) is 20.7. The molecular formula is C58H92ClN13O10. The van der Waals surface area contributed by atoms with Gasteiger partial charge in [-0.25, -0.2) is 29.1 Å². The van der Waals surface area contributed by atoms with Crippen LogP contribution in [0.25, 0.3) is 0 Å². The van der Waals surface area contributed by atoms with Gasteiger partial charge in [-0.05, 0) is 136 Å². The maximum atomic E-state index is 13.2. The molecule has 2 atom stereocenters. The number of nitrogens with one attached hydrogen (secondary N) is 3. The van der Waals surface area contributed by atoms with E-state index in [4.69, 9.17) is 24.7 Å². The van der Waals surface area contributed by atoms with Crippen LogP contribution in [0.1, 0.15) is 115 Å². The van der Waals surface area contributed by atoms with Gasteiger partial charge in [0.15, 0.2) is 11.6 Å². The Labute approximate surface area is 491 Å². The number of ether oxygens (including phenoxy) is 4. The number of nitrogens with zero attached hydrogens (tertiary/aromatic N) is 9. The van der Waals surface area contributed by atoms with Crippen LogP contribution in [-0.2, 0) is 41.5 Å². The van der Waals surface area contributed by atoms with Crippen LogP contribution in [0.2, 0.25) is 0 Å². The lowest BCUT2D eigenvalue weighted by Crippen LogP contribution is -2.38. The molecule has 0 radical (unpaired) electrons. The molecule has 2 aromatic heterocycles. The molecule has 2 heterocycles. The summed E-state index contributed by atoms with van der Waals surface area (Å²) in [4.78, 5) is 97.7. The summed E-state index contributed by atoms with van der Waals surface area (Å²) in [5.41, 5.74) is 7.07. The van der Waals surface area contributed by atoms with Gasteiger partial charge >= 0.3 is 24.1 Å². The molecule has 0 unspecified atom stereocenters. The molecule has 2 aromatic carbocycles. The highest BCUT2D eigenvalue weighted by Crippen LogP contribution is 2.26. The highest BCUT2D eigenvalue weighted by molar-refractivity contribution is 6.62. The quantitative estimate of drug-likeness (QED) is 0.0422. The minimum Gasteiger partial charge on any atom is -0.458 e. The average molecular weight is 1170 g/mol. The Morgan fingerprint density at radius 3 is 1.21 bits per heavy atom. The third-order valence-electron chi connectivity index (χ3n) is 11.2. The molecule has 4 aromatic rings. The van der Waals surface area contributed by atoms with E-state index in [1.54, 1.807) is 97.5 Å².